The molecule has 3 aromatic rings. The number of piperidine rings is 1. The molecule has 156 valence electrons. The van der Waals surface area contributed by atoms with E-state index in [0.29, 0.717) is 24.0 Å². The van der Waals surface area contributed by atoms with E-state index < -0.39 is 0 Å². The topological polar surface area (TPSA) is 63.4 Å². The standard InChI is InChI=1S/C24H25ClN2O3/c1-15-3-4-16(2)19(13-15)21(28)6-8-23(29)27-11-9-17(10-12-27)24-26-20-14-18(25)5-7-22(20)30-24/h3-5,7,13-14,17H,6,8-12H2,1-2H3. The SMILES string of the molecule is Cc1ccc(C)c(C(=O)CCC(=O)N2CCC(c3nc4cc(Cl)ccc4o3)CC2)c1. The van der Waals surface area contributed by atoms with Gasteiger partial charge in [-0.2, -0.15) is 0 Å². The van der Waals surface area contributed by atoms with Gasteiger partial charge in [-0.15, -0.1) is 0 Å². The first-order chi connectivity index (χ1) is 14.4. The molecule has 6 heteroatoms. The van der Waals surface area contributed by atoms with Gasteiger partial charge in [0.05, 0.1) is 0 Å². The van der Waals surface area contributed by atoms with Crippen molar-refractivity contribution in [1.82, 2.24) is 9.88 Å². The van der Waals surface area contributed by atoms with Gasteiger partial charge in [0.1, 0.15) is 5.52 Å². The van der Waals surface area contributed by atoms with E-state index in [1.807, 2.05) is 43.0 Å². The van der Waals surface area contributed by atoms with E-state index in [-0.39, 0.29) is 30.4 Å². The van der Waals surface area contributed by atoms with Gasteiger partial charge in [0.25, 0.3) is 0 Å². The first kappa shape index (κ1) is 20.6. The monoisotopic (exact) mass is 424 g/mol. The number of carbonyl (C=O) groups excluding carboxylic acids is 2. The number of aromatic nitrogens is 1. The predicted octanol–water partition coefficient (Wildman–Crippen LogP) is 5.47. The number of aryl methyl sites for hydroxylation is 2. The Hall–Kier alpha value is -2.66. The van der Waals surface area contributed by atoms with Crippen molar-refractivity contribution in [2.24, 2.45) is 0 Å². The number of hydrogen-bond acceptors (Lipinski definition) is 4. The summed E-state index contributed by atoms with van der Waals surface area (Å²) in [6.07, 6.45) is 2.10. The number of fused-ring (bicyclic) bond motifs is 1. The fourth-order valence-corrected chi connectivity index (χ4v) is 4.18. The van der Waals surface area contributed by atoms with Gasteiger partial charge in [-0.1, -0.05) is 29.3 Å². The van der Waals surface area contributed by atoms with Gasteiger partial charge in [-0.05, 0) is 56.5 Å². The molecule has 1 amide bonds. The van der Waals surface area contributed by atoms with Gasteiger partial charge in [-0.3, -0.25) is 9.59 Å². The van der Waals surface area contributed by atoms with Gasteiger partial charge in [-0.25, -0.2) is 4.98 Å². The second kappa shape index (κ2) is 8.60. The van der Waals surface area contributed by atoms with E-state index in [1.165, 1.54) is 0 Å². The lowest BCUT2D eigenvalue weighted by Gasteiger charge is -2.30. The highest BCUT2D eigenvalue weighted by atomic mass is 35.5. The zero-order valence-electron chi connectivity index (χ0n) is 17.3. The van der Waals surface area contributed by atoms with Crippen LogP contribution in [0.4, 0.5) is 0 Å². The number of halogens is 1. The van der Waals surface area contributed by atoms with Crippen molar-refractivity contribution in [3.63, 3.8) is 0 Å². The molecule has 1 fully saturated rings. The highest BCUT2D eigenvalue weighted by Gasteiger charge is 2.27. The number of Topliss-reactive ketones (excluding diaryl/α,β-unsaturated/α-hetero) is 1. The highest BCUT2D eigenvalue weighted by molar-refractivity contribution is 6.31. The Labute approximate surface area is 181 Å². The number of hydrogen-bond donors (Lipinski definition) is 0. The van der Waals surface area contributed by atoms with E-state index in [9.17, 15) is 9.59 Å². The van der Waals surface area contributed by atoms with Crippen LogP contribution in [0.3, 0.4) is 0 Å². The fraction of sp³-hybridized carbons (Fsp3) is 0.375. The summed E-state index contributed by atoms with van der Waals surface area (Å²) in [7, 11) is 0. The molecule has 4 rings (SSSR count). The zero-order chi connectivity index (χ0) is 21.3. The van der Waals surface area contributed by atoms with Crippen LogP contribution in [0.5, 0.6) is 0 Å². The molecule has 0 N–H and O–H groups in total. The van der Waals surface area contributed by atoms with Crippen LogP contribution >= 0.6 is 11.6 Å². The highest BCUT2D eigenvalue weighted by Crippen LogP contribution is 2.31. The van der Waals surface area contributed by atoms with Crippen molar-refractivity contribution >= 4 is 34.4 Å². The zero-order valence-corrected chi connectivity index (χ0v) is 18.0. The maximum Gasteiger partial charge on any atom is 0.223 e. The van der Waals surface area contributed by atoms with Crippen molar-refractivity contribution in [3.8, 4) is 0 Å². The minimum atomic E-state index is 0.0320. The third kappa shape index (κ3) is 4.41. The minimum Gasteiger partial charge on any atom is -0.440 e. The molecule has 0 radical (unpaired) electrons. The summed E-state index contributed by atoms with van der Waals surface area (Å²) in [5.41, 5.74) is 4.23. The lowest BCUT2D eigenvalue weighted by molar-refractivity contribution is -0.132. The van der Waals surface area contributed by atoms with Crippen LogP contribution in [-0.2, 0) is 4.79 Å². The first-order valence-electron chi connectivity index (χ1n) is 10.3. The number of likely N-dealkylation sites (tertiary alicyclic amines) is 1. The Bertz CT molecular complexity index is 1100. The van der Waals surface area contributed by atoms with Crippen LogP contribution in [-0.4, -0.2) is 34.7 Å². The molecule has 1 aliphatic rings. The van der Waals surface area contributed by atoms with Crippen LogP contribution in [0.1, 0.15) is 59.0 Å². The Morgan fingerprint density at radius 1 is 1.10 bits per heavy atom. The van der Waals surface area contributed by atoms with Crippen molar-refractivity contribution in [2.45, 2.75) is 45.4 Å². The molecule has 0 atom stereocenters. The summed E-state index contributed by atoms with van der Waals surface area (Å²) in [5.74, 6) is 0.974. The van der Waals surface area contributed by atoms with E-state index in [4.69, 9.17) is 16.0 Å². The third-order valence-electron chi connectivity index (χ3n) is 5.82. The van der Waals surface area contributed by atoms with Crippen LogP contribution < -0.4 is 0 Å². The van der Waals surface area contributed by atoms with Crippen LogP contribution in [0.25, 0.3) is 11.1 Å². The molecular weight excluding hydrogens is 400 g/mol. The summed E-state index contributed by atoms with van der Waals surface area (Å²) < 4.78 is 5.89. The minimum absolute atomic E-state index is 0.0320. The number of benzene rings is 2. The van der Waals surface area contributed by atoms with Crippen molar-refractivity contribution < 1.29 is 14.0 Å². The molecule has 2 heterocycles. The lowest BCUT2D eigenvalue weighted by atomic mass is 9.96. The Morgan fingerprint density at radius 3 is 2.63 bits per heavy atom. The molecular formula is C24H25ClN2O3. The molecule has 0 saturated carbocycles. The summed E-state index contributed by atoms with van der Waals surface area (Å²) in [6.45, 7) is 5.21. The fourth-order valence-electron chi connectivity index (χ4n) is 4.02. The molecule has 0 unspecified atom stereocenters. The van der Waals surface area contributed by atoms with Crippen molar-refractivity contribution in [3.05, 3.63) is 64.0 Å². The number of oxazole rings is 1. The number of rotatable bonds is 5. The summed E-state index contributed by atoms with van der Waals surface area (Å²) in [4.78, 5) is 31.6. The van der Waals surface area contributed by atoms with Gasteiger partial charge in [0.15, 0.2) is 17.3 Å². The molecule has 1 aromatic heterocycles. The molecule has 0 bridgehead atoms. The molecule has 0 aliphatic carbocycles. The Kier molecular flexibility index (Phi) is 5.91. The number of ketones is 1. The largest absolute Gasteiger partial charge is 0.440 e. The van der Waals surface area contributed by atoms with Gasteiger partial charge >= 0.3 is 0 Å². The Morgan fingerprint density at radius 2 is 1.87 bits per heavy atom. The summed E-state index contributed by atoms with van der Waals surface area (Å²) in [5, 5.41) is 0.637. The number of nitrogens with zero attached hydrogens (tertiary/aromatic N) is 2. The quantitative estimate of drug-likeness (QED) is 0.509. The summed E-state index contributed by atoms with van der Waals surface area (Å²) in [6, 6.07) is 11.3. The average Bonchev–Trinajstić information content (AvgIpc) is 3.16. The Balaban J connectivity index is 1.31. The summed E-state index contributed by atoms with van der Waals surface area (Å²) >= 11 is 6.03. The molecule has 1 aliphatic heterocycles. The van der Waals surface area contributed by atoms with Gasteiger partial charge in [0, 0.05) is 42.4 Å². The second-order valence-corrected chi connectivity index (χ2v) is 8.50. The van der Waals surface area contributed by atoms with E-state index >= 15 is 0 Å². The maximum absolute atomic E-state index is 12.6. The molecule has 30 heavy (non-hydrogen) atoms. The average molecular weight is 425 g/mol. The maximum atomic E-state index is 12.6. The van der Waals surface area contributed by atoms with E-state index in [2.05, 4.69) is 4.98 Å². The third-order valence-corrected chi connectivity index (χ3v) is 6.06. The van der Waals surface area contributed by atoms with Crippen molar-refractivity contribution in [1.29, 1.82) is 0 Å². The normalized spacial score (nSPS) is 15.0. The van der Waals surface area contributed by atoms with E-state index in [1.54, 1.807) is 12.1 Å². The van der Waals surface area contributed by atoms with Crippen LogP contribution in [0.15, 0.2) is 40.8 Å². The van der Waals surface area contributed by atoms with Gasteiger partial charge < -0.3 is 9.32 Å². The number of amides is 1. The second-order valence-electron chi connectivity index (χ2n) is 8.06. The lowest BCUT2D eigenvalue weighted by Crippen LogP contribution is -2.38. The van der Waals surface area contributed by atoms with Crippen LogP contribution in [0.2, 0.25) is 5.02 Å². The van der Waals surface area contributed by atoms with Crippen molar-refractivity contribution in [2.75, 3.05) is 13.1 Å². The predicted molar refractivity (Wildman–Crippen MR) is 117 cm³/mol. The molecule has 5 nitrogen and oxygen atoms in total. The van der Waals surface area contributed by atoms with E-state index in [0.717, 1.165) is 40.6 Å². The molecule has 1 saturated heterocycles. The smallest absolute Gasteiger partial charge is 0.223 e. The first-order valence-corrected chi connectivity index (χ1v) is 10.7. The number of carbonyl (C=O) groups is 2. The molecule has 0 spiro atoms. The molecule has 2 aromatic carbocycles. The van der Waals surface area contributed by atoms with Crippen LogP contribution in [0, 0.1) is 13.8 Å². The van der Waals surface area contributed by atoms with Gasteiger partial charge in [0.2, 0.25) is 5.91 Å².